The van der Waals surface area contributed by atoms with Gasteiger partial charge in [0.05, 0.1) is 6.54 Å². The molecule has 0 saturated carbocycles. The van der Waals surface area contributed by atoms with Gasteiger partial charge in [0.15, 0.2) is 5.78 Å². The minimum atomic E-state index is -0.0421. The fourth-order valence-corrected chi connectivity index (χ4v) is 2.41. The van der Waals surface area contributed by atoms with Gasteiger partial charge in [0.25, 0.3) is 0 Å². The molecule has 3 nitrogen and oxygen atoms in total. The van der Waals surface area contributed by atoms with Crippen molar-refractivity contribution in [1.29, 1.82) is 0 Å². The zero-order valence-corrected chi connectivity index (χ0v) is 11.5. The van der Waals surface area contributed by atoms with E-state index in [9.17, 15) is 4.79 Å². The predicted octanol–water partition coefficient (Wildman–Crippen LogP) is 2.92. The van der Waals surface area contributed by atoms with Crippen LogP contribution in [0.15, 0.2) is 53.5 Å². The maximum absolute atomic E-state index is 12.6. The smallest absolute Gasteiger partial charge is 0.193 e. The maximum Gasteiger partial charge on any atom is 0.193 e. The monoisotopic (exact) mass is 284 g/mol. The Morgan fingerprint density at radius 1 is 1.15 bits per heavy atom. The Morgan fingerprint density at radius 2 is 1.95 bits per heavy atom. The lowest BCUT2D eigenvalue weighted by molar-refractivity contribution is 0.103. The number of nitrogens with one attached hydrogen (secondary N) is 1. The van der Waals surface area contributed by atoms with Gasteiger partial charge in [0, 0.05) is 28.3 Å². The second-order valence-corrected chi connectivity index (χ2v) is 4.98. The molecule has 1 heterocycles. The summed E-state index contributed by atoms with van der Waals surface area (Å²) >= 11 is 6.04. The van der Waals surface area contributed by atoms with Crippen LogP contribution in [-0.4, -0.2) is 24.7 Å². The highest BCUT2D eigenvalue weighted by Crippen LogP contribution is 2.20. The molecule has 0 bridgehead atoms. The largest absolute Gasteiger partial charge is 0.368 e. The SMILES string of the molecule is O=C(c1ccccc1)c1cc(Cl)ccc1C1=NCCN1. The molecule has 0 unspecified atom stereocenters. The second kappa shape index (κ2) is 5.47. The van der Waals surface area contributed by atoms with Crippen LogP contribution in [-0.2, 0) is 0 Å². The summed E-state index contributed by atoms with van der Waals surface area (Å²) in [5.41, 5.74) is 2.03. The number of hydrogen-bond donors (Lipinski definition) is 1. The lowest BCUT2D eigenvalue weighted by atomic mass is 9.98. The van der Waals surface area contributed by atoms with Crippen LogP contribution in [0.1, 0.15) is 21.5 Å². The fraction of sp³-hybridized carbons (Fsp3) is 0.125. The molecule has 0 atom stereocenters. The molecule has 2 aromatic rings. The van der Waals surface area contributed by atoms with Gasteiger partial charge in [-0.2, -0.15) is 0 Å². The van der Waals surface area contributed by atoms with Crippen molar-refractivity contribution in [3.8, 4) is 0 Å². The van der Waals surface area contributed by atoms with Gasteiger partial charge in [0.1, 0.15) is 5.84 Å². The van der Waals surface area contributed by atoms with Gasteiger partial charge in [-0.25, -0.2) is 0 Å². The zero-order chi connectivity index (χ0) is 13.9. The number of nitrogens with zero attached hydrogens (tertiary/aromatic N) is 1. The molecule has 3 rings (SSSR count). The first-order valence-corrected chi connectivity index (χ1v) is 6.81. The first-order valence-electron chi connectivity index (χ1n) is 6.44. The van der Waals surface area contributed by atoms with Gasteiger partial charge in [-0.05, 0) is 18.2 Å². The Bertz CT molecular complexity index is 680. The lowest BCUT2D eigenvalue weighted by Gasteiger charge is -2.10. The molecule has 0 amide bonds. The van der Waals surface area contributed by atoms with E-state index in [0.717, 1.165) is 24.5 Å². The van der Waals surface area contributed by atoms with Crippen molar-refractivity contribution in [1.82, 2.24) is 5.32 Å². The van der Waals surface area contributed by atoms with Crippen molar-refractivity contribution in [2.75, 3.05) is 13.1 Å². The van der Waals surface area contributed by atoms with E-state index in [-0.39, 0.29) is 5.78 Å². The van der Waals surface area contributed by atoms with Crippen molar-refractivity contribution in [3.63, 3.8) is 0 Å². The van der Waals surface area contributed by atoms with E-state index in [4.69, 9.17) is 11.6 Å². The Hall–Kier alpha value is -2.13. The van der Waals surface area contributed by atoms with E-state index in [1.165, 1.54) is 0 Å². The van der Waals surface area contributed by atoms with E-state index in [2.05, 4.69) is 10.3 Å². The quantitative estimate of drug-likeness (QED) is 0.881. The zero-order valence-electron chi connectivity index (χ0n) is 10.8. The molecule has 1 aliphatic rings. The molecule has 1 N–H and O–H groups in total. The molecule has 4 heteroatoms. The fourth-order valence-electron chi connectivity index (χ4n) is 2.23. The highest BCUT2D eigenvalue weighted by Gasteiger charge is 2.19. The van der Waals surface area contributed by atoms with Crippen molar-refractivity contribution in [2.45, 2.75) is 0 Å². The van der Waals surface area contributed by atoms with Crippen LogP contribution < -0.4 is 5.32 Å². The van der Waals surface area contributed by atoms with Crippen LogP contribution in [0.5, 0.6) is 0 Å². The topological polar surface area (TPSA) is 41.5 Å². The molecule has 0 fully saturated rings. The molecule has 0 radical (unpaired) electrons. The molecular formula is C16H13ClN2O. The average Bonchev–Trinajstić information content (AvgIpc) is 3.01. The maximum atomic E-state index is 12.6. The molecule has 20 heavy (non-hydrogen) atoms. The number of carbonyl (C=O) groups excluding carboxylic acids is 1. The number of aliphatic imine (C=N–C) groups is 1. The third-order valence-corrected chi connectivity index (χ3v) is 3.43. The summed E-state index contributed by atoms with van der Waals surface area (Å²) in [5, 5.41) is 3.74. The normalized spacial score (nSPS) is 13.8. The van der Waals surface area contributed by atoms with E-state index in [1.807, 2.05) is 24.3 Å². The van der Waals surface area contributed by atoms with Crippen LogP contribution in [0, 0.1) is 0 Å². The van der Waals surface area contributed by atoms with Crippen molar-refractivity contribution < 1.29 is 4.79 Å². The predicted molar refractivity (Wildman–Crippen MR) is 80.7 cm³/mol. The van der Waals surface area contributed by atoms with E-state index < -0.39 is 0 Å². The third kappa shape index (κ3) is 2.45. The van der Waals surface area contributed by atoms with Gasteiger partial charge < -0.3 is 5.32 Å². The van der Waals surface area contributed by atoms with Gasteiger partial charge >= 0.3 is 0 Å². The number of benzene rings is 2. The van der Waals surface area contributed by atoms with Crippen LogP contribution in [0.3, 0.4) is 0 Å². The Labute approximate surface area is 122 Å². The average molecular weight is 285 g/mol. The number of halogens is 1. The lowest BCUT2D eigenvalue weighted by Crippen LogP contribution is -2.22. The molecule has 0 aliphatic carbocycles. The molecular weight excluding hydrogens is 272 g/mol. The number of ketones is 1. The van der Waals surface area contributed by atoms with Gasteiger partial charge in [-0.1, -0.05) is 41.9 Å². The van der Waals surface area contributed by atoms with Crippen molar-refractivity contribution in [2.24, 2.45) is 4.99 Å². The molecule has 0 aromatic heterocycles. The van der Waals surface area contributed by atoms with Crippen LogP contribution in [0.4, 0.5) is 0 Å². The number of rotatable bonds is 3. The molecule has 1 aliphatic heterocycles. The summed E-state index contributed by atoms with van der Waals surface area (Å²) in [5.74, 6) is 0.723. The van der Waals surface area contributed by atoms with E-state index in [1.54, 1.807) is 24.3 Å². The highest BCUT2D eigenvalue weighted by molar-refractivity contribution is 6.31. The summed E-state index contributed by atoms with van der Waals surface area (Å²) in [4.78, 5) is 17.0. The van der Waals surface area contributed by atoms with Gasteiger partial charge in [-0.3, -0.25) is 9.79 Å². The van der Waals surface area contributed by atoms with Gasteiger partial charge in [0.2, 0.25) is 0 Å². The third-order valence-electron chi connectivity index (χ3n) is 3.19. The summed E-state index contributed by atoms with van der Waals surface area (Å²) in [6, 6.07) is 14.5. The summed E-state index contributed by atoms with van der Waals surface area (Å²) in [7, 11) is 0. The summed E-state index contributed by atoms with van der Waals surface area (Å²) in [6.07, 6.45) is 0. The summed E-state index contributed by atoms with van der Waals surface area (Å²) in [6.45, 7) is 1.54. The number of hydrogen-bond acceptors (Lipinski definition) is 3. The van der Waals surface area contributed by atoms with Crippen molar-refractivity contribution in [3.05, 3.63) is 70.2 Å². The Morgan fingerprint density at radius 3 is 2.65 bits per heavy atom. The van der Waals surface area contributed by atoms with Crippen LogP contribution in [0.25, 0.3) is 0 Å². The number of amidine groups is 1. The Balaban J connectivity index is 2.08. The van der Waals surface area contributed by atoms with Crippen LogP contribution >= 0.6 is 11.6 Å². The van der Waals surface area contributed by atoms with Crippen LogP contribution in [0.2, 0.25) is 5.02 Å². The number of carbonyl (C=O) groups is 1. The minimum Gasteiger partial charge on any atom is -0.368 e. The molecule has 100 valence electrons. The van der Waals surface area contributed by atoms with E-state index in [0.29, 0.717) is 16.1 Å². The minimum absolute atomic E-state index is 0.0421. The first-order chi connectivity index (χ1) is 9.75. The molecule has 0 spiro atoms. The summed E-state index contributed by atoms with van der Waals surface area (Å²) < 4.78 is 0. The second-order valence-electron chi connectivity index (χ2n) is 4.54. The molecule has 0 saturated heterocycles. The highest BCUT2D eigenvalue weighted by atomic mass is 35.5. The molecule has 2 aromatic carbocycles. The van der Waals surface area contributed by atoms with E-state index >= 15 is 0 Å². The standard InChI is InChI=1S/C16H13ClN2O/c17-12-6-7-13(16-18-8-9-19-16)14(10-12)15(20)11-4-2-1-3-5-11/h1-7,10H,8-9H2,(H,18,19). The van der Waals surface area contributed by atoms with Crippen molar-refractivity contribution >= 4 is 23.2 Å². The Kier molecular flexibility index (Phi) is 3.52. The van der Waals surface area contributed by atoms with Gasteiger partial charge in [-0.15, -0.1) is 0 Å². The first kappa shape index (κ1) is 12.9.